The van der Waals surface area contributed by atoms with Crippen molar-refractivity contribution in [3.8, 4) is 0 Å². The standard InChI is InChI=1S/C19H22N4O4/c20-9-12-2-1-7-22(12)10-11-3-4-13-14(8-11)19(27)23(18(13)26)15-5-6-16(24)21-17(15)25/h3-4,8,12,15H,1-2,5-7,9-10,20H2,(H,21,24,25)/t12-,15?/m1/s1. The van der Waals surface area contributed by atoms with Gasteiger partial charge in [0.2, 0.25) is 11.8 Å². The maximum Gasteiger partial charge on any atom is 0.262 e. The van der Waals surface area contributed by atoms with Crippen LogP contribution in [0, 0.1) is 0 Å². The van der Waals surface area contributed by atoms with Gasteiger partial charge in [-0.05, 0) is 43.5 Å². The average molecular weight is 370 g/mol. The summed E-state index contributed by atoms with van der Waals surface area (Å²) in [5.41, 5.74) is 7.40. The van der Waals surface area contributed by atoms with Crippen molar-refractivity contribution in [1.82, 2.24) is 15.1 Å². The number of hydrogen-bond donors (Lipinski definition) is 2. The number of rotatable bonds is 4. The molecule has 4 rings (SSSR count). The molecule has 2 saturated heterocycles. The van der Waals surface area contributed by atoms with Crippen LogP contribution in [-0.4, -0.2) is 58.6 Å². The highest BCUT2D eigenvalue weighted by molar-refractivity contribution is 6.23. The summed E-state index contributed by atoms with van der Waals surface area (Å²) in [6.07, 6.45) is 2.45. The van der Waals surface area contributed by atoms with Crippen LogP contribution in [0.2, 0.25) is 0 Å². The molecule has 0 aliphatic carbocycles. The Morgan fingerprint density at radius 3 is 2.59 bits per heavy atom. The molecule has 3 N–H and O–H groups in total. The van der Waals surface area contributed by atoms with Gasteiger partial charge in [0.25, 0.3) is 11.8 Å². The third-order valence-electron chi connectivity index (χ3n) is 5.66. The number of benzene rings is 1. The molecule has 142 valence electrons. The molecule has 8 heteroatoms. The zero-order valence-electron chi connectivity index (χ0n) is 14.9. The lowest BCUT2D eigenvalue weighted by molar-refractivity contribution is -0.136. The van der Waals surface area contributed by atoms with E-state index in [1.165, 1.54) is 0 Å². The number of nitrogens with two attached hydrogens (primary N) is 1. The van der Waals surface area contributed by atoms with Gasteiger partial charge in [-0.3, -0.25) is 34.3 Å². The molecule has 0 saturated carbocycles. The second kappa shape index (κ2) is 6.86. The van der Waals surface area contributed by atoms with Crippen LogP contribution >= 0.6 is 0 Å². The van der Waals surface area contributed by atoms with E-state index < -0.39 is 23.8 Å². The van der Waals surface area contributed by atoms with Crippen molar-refractivity contribution >= 4 is 23.6 Å². The molecule has 1 aromatic carbocycles. The van der Waals surface area contributed by atoms with Crippen LogP contribution in [0.5, 0.6) is 0 Å². The first kappa shape index (κ1) is 17.8. The lowest BCUT2D eigenvalue weighted by atomic mass is 10.0. The molecule has 3 aliphatic rings. The molecule has 3 heterocycles. The van der Waals surface area contributed by atoms with Gasteiger partial charge in [-0.15, -0.1) is 0 Å². The van der Waals surface area contributed by atoms with Crippen LogP contribution in [0.4, 0.5) is 0 Å². The zero-order valence-corrected chi connectivity index (χ0v) is 14.9. The first-order valence-corrected chi connectivity index (χ1v) is 9.28. The zero-order chi connectivity index (χ0) is 19.1. The maximum absolute atomic E-state index is 12.8. The topological polar surface area (TPSA) is 113 Å². The third-order valence-corrected chi connectivity index (χ3v) is 5.66. The molecule has 0 spiro atoms. The predicted octanol–water partition coefficient (Wildman–Crippen LogP) is 0.0109. The molecule has 1 aromatic rings. The van der Waals surface area contributed by atoms with Gasteiger partial charge in [-0.1, -0.05) is 6.07 Å². The van der Waals surface area contributed by atoms with Crippen molar-refractivity contribution in [2.75, 3.05) is 13.1 Å². The molecule has 0 bridgehead atoms. The van der Waals surface area contributed by atoms with E-state index in [0.717, 1.165) is 29.8 Å². The molecular formula is C19H22N4O4. The van der Waals surface area contributed by atoms with Crippen molar-refractivity contribution < 1.29 is 19.2 Å². The fourth-order valence-corrected chi connectivity index (χ4v) is 4.22. The Morgan fingerprint density at radius 1 is 1.07 bits per heavy atom. The summed E-state index contributed by atoms with van der Waals surface area (Å²) in [4.78, 5) is 52.3. The number of carbonyl (C=O) groups excluding carboxylic acids is 4. The van der Waals surface area contributed by atoms with Crippen LogP contribution < -0.4 is 11.1 Å². The number of hydrogen-bond acceptors (Lipinski definition) is 6. The Morgan fingerprint density at radius 2 is 1.85 bits per heavy atom. The highest BCUT2D eigenvalue weighted by Crippen LogP contribution is 2.29. The number of likely N-dealkylation sites (tertiary alicyclic amines) is 1. The lowest BCUT2D eigenvalue weighted by Crippen LogP contribution is -2.54. The molecule has 2 fully saturated rings. The quantitative estimate of drug-likeness (QED) is 0.722. The second-order valence-corrected chi connectivity index (χ2v) is 7.33. The monoisotopic (exact) mass is 370 g/mol. The summed E-state index contributed by atoms with van der Waals surface area (Å²) in [6, 6.07) is 4.66. The predicted molar refractivity (Wildman–Crippen MR) is 95.6 cm³/mol. The van der Waals surface area contributed by atoms with E-state index in [1.54, 1.807) is 12.1 Å². The number of nitrogens with zero attached hydrogens (tertiary/aromatic N) is 2. The molecular weight excluding hydrogens is 348 g/mol. The summed E-state index contributed by atoms with van der Waals surface area (Å²) < 4.78 is 0. The minimum atomic E-state index is -0.932. The van der Waals surface area contributed by atoms with Gasteiger partial charge in [0, 0.05) is 25.6 Å². The Kier molecular flexibility index (Phi) is 4.53. The van der Waals surface area contributed by atoms with E-state index in [9.17, 15) is 19.2 Å². The number of carbonyl (C=O) groups is 4. The van der Waals surface area contributed by atoms with E-state index in [4.69, 9.17) is 5.73 Å². The molecule has 1 unspecified atom stereocenters. The summed E-state index contributed by atoms with van der Waals surface area (Å²) in [6.45, 7) is 2.24. The molecule has 0 radical (unpaired) electrons. The Hall–Kier alpha value is -2.58. The number of amides is 4. The SMILES string of the molecule is NC[C@H]1CCCN1Cc1ccc2c(c1)C(=O)N(C1CCC(=O)NC1=O)C2=O. The molecule has 2 atom stereocenters. The van der Waals surface area contributed by atoms with Crippen LogP contribution in [0.25, 0.3) is 0 Å². The van der Waals surface area contributed by atoms with Gasteiger partial charge >= 0.3 is 0 Å². The molecule has 3 aliphatic heterocycles. The summed E-state index contributed by atoms with van der Waals surface area (Å²) >= 11 is 0. The van der Waals surface area contributed by atoms with Gasteiger partial charge in [-0.2, -0.15) is 0 Å². The average Bonchev–Trinajstić information content (AvgIpc) is 3.19. The molecule has 4 amide bonds. The van der Waals surface area contributed by atoms with E-state index in [1.807, 2.05) is 6.07 Å². The maximum atomic E-state index is 12.8. The van der Waals surface area contributed by atoms with E-state index in [-0.39, 0.29) is 18.7 Å². The van der Waals surface area contributed by atoms with Crippen molar-refractivity contribution in [1.29, 1.82) is 0 Å². The van der Waals surface area contributed by atoms with Gasteiger partial charge < -0.3 is 5.73 Å². The Balaban J connectivity index is 1.56. The van der Waals surface area contributed by atoms with Gasteiger partial charge in [0.05, 0.1) is 11.1 Å². The van der Waals surface area contributed by atoms with Crippen LogP contribution in [0.15, 0.2) is 18.2 Å². The fraction of sp³-hybridized carbons (Fsp3) is 0.474. The normalized spacial score (nSPS) is 25.9. The van der Waals surface area contributed by atoms with Crippen LogP contribution in [0.3, 0.4) is 0 Å². The second-order valence-electron chi connectivity index (χ2n) is 7.33. The largest absolute Gasteiger partial charge is 0.329 e. The lowest BCUT2D eigenvalue weighted by Gasteiger charge is -2.27. The fourth-order valence-electron chi connectivity index (χ4n) is 4.22. The van der Waals surface area contributed by atoms with Crippen molar-refractivity contribution in [3.63, 3.8) is 0 Å². The molecule has 27 heavy (non-hydrogen) atoms. The van der Waals surface area contributed by atoms with Gasteiger partial charge in [0.15, 0.2) is 0 Å². The smallest absolute Gasteiger partial charge is 0.262 e. The third kappa shape index (κ3) is 3.04. The number of nitrogens with one attached hydrogen (secondary N) is 1. The van der Waals surface area contributed by atoms with E-state index in [2.05, 4.69) is 10.2 Å². The minimum absolute atomic E-state index is 0.116. The van der Waals surface area contributed by atoms with Crippen molar-refractivity contribution in [2.24, 2.45) is 5.73 Å². The summed E-state index contributed by atoms with van der Waals surface area (Å²) in [5, 5.41) is 2.20. The summed E-state index contributed by atoms with van der Waals surface area (Å²) in [7, 11) is 0. The number of fused-ring (bicyclic) bond motifs is 1. The van der Waals surface area contributed by atoms with Gasteiger partial charge in [0.1, 0.15) is 6.04 Å². The first-order valence-electron chi connectivity index (χ1n) is 9.28. The van der Waals surface area contributed by atoms with Crippen molar-refractivity contribution in [3.05, 3.63) is 34.9 Å². The Labute approximate surface area is 156 Å². The first-order chi connectivity index (χ1) is 13.0. The minimum Gasteiger partial charge on any atom is -0.329 e. The van der Waals surface area contributed by atoms with E-state index >= 15 is 0 Å². The van der Waals surface area contributed by atoms with Crippen molar-refractivity contribution in [2.45, 2.75) is 44.3 Å². The highest BCUT2D eigenvalue weighted by atomic mass is 16.2. The number of piperidine rings is 1. The van der Waals surface area contributed by atoms with Crippen LogP contribution in [0.1, 0.15) is 52.0 Å². The molecule has 8 nitrogen and oxygen atoms in total. The highest BCUT2D eigenvalue weighted by Gasteiger charge is 2.44. The summed E-state index contributed by atoms with van der Waals surface area (Å²) in [5.74, 6) is -1.92. The molecule has 0 aromatic heterocycles. The van der Waals surface area contributed by atoms with E-state index in [0.29, 0.717) is 30.3 Å². The van der Waals surface area contributed by atoms with Crippen LogP contribution in [-0.2, 0) is 16.1 Å². The van der Waals surface area contributed by atoms with Gasteiger partial charge in [-0.25, -0.2) is 0 Å². The number of imide groups is 2. The Bertz CT molecular complexity index is 837.